The zero-order valence-corrected chi connectivity index (χ0v) is 14.7. The number of hydrogen-bond acceptors (Lipinski definition) is 6. The number of fused-ring (bicyclic) bond motifs is 1. The number of nitrogens with one attached hydrogen (secondary N) is 1. The van der Waals surface area contributed by atoms with Crippen molar-refractivity contribution in [2.45, 2.75) is 25.4 Å². The van der Waals surface area contributed by atoms with Crippen molar-refractivity contribution in [2.75, 3.05) is 20.8 Å². The molecule has 2 amide bonds. The van der Waals surface area contributed by atoms with E-state index in [1.165, 1.54) is 7.05 Å². The molecular formula is C18H22N2O5. The fourth-order valence-electron chi connectivity index (χ4n) is 3.85. The van der Waals surface area contributed by atoms with Crippen molar-refractivity contribution in [2.24, 2.45) is 11.8 Å². The van der Waals surface area contributed by atoms with Crippen LogP contribution < -0.4 is 10.1 Å². The summed E-state index contributed by atoms with van der Waals surface area (Å²) >= 11 is 0. The highest BCUT2D eigenvalue weighted by atomic mass is 16.5. The molecule has 2 fully saturated rings. The molecule has 4 atom stereocenters. The summed E-state index contributed by atoms with van der Waals surface area (Å²) in [6.45, 7) is 3.55. The van der Waals surface area contributed by atoms with Gasteiger partial charge < -0.3 is 9.47 Å². The number of imide groups is 1. The number of benzene rings is 1. The molecule has 7 nitrogen and oxygen atoms in total. The molecule has 1 aromatic rings. The van der Waals surface area contributed by atoms with Crippen molar-refractivity contribution in [3.05, 3.63) is 29.8 Å². The summed E-state index contributed by atoms with van der Waals surface area (Å²) in [5.41, 5.74) is -0.428. The Kier molecular flexibility index (Phi) is 4.28. The first-order chi connectivity index (χ1) is 11.8. The van der Waals surface area contributed by atoms with Gasteiger partial charge in [-0.1, -0.05) is 12.1 Å². The molecule has 0 saturated carbocycles. The number of ether oxygens (including phenoxy) is 2. The zero-order valence-electron chi connectivity index (χ0n) is 14.7. The fraction of sp³-hybridized carbons (Fsp3) is 0.500. The predicted molar refractivity (Wildman–Crippen MR) is 88.7 cm³/mol. The van der Waals surface area contributed by atoms with Crippen LogP contribution in [0.3, 0.4) is 0 Å². The van der Waals surface area contributed by atoms with Gasteiger partial charge in [0, 0.05) is 13.1 Å². The number of rotatable bonds is 4. The Hall–Kier alpha value is -2.41. The maximum Gasteiger partial charge on any atom is 0.326 e. The van der Waals surface area contributed by atoms with Crippen molar-refractivity contribution in [3.8, 4) is 5.75 Å². The lowest BCUT2D eigenvalue weighted by Gasteiger charge is -2.28. The number of carbonyl (C=O) groups excluding carboxylic acids is 3. The number of amides is 2. The minimum absolute atomic E-state index is 0.207. The first-order valence-corrected chi connectivity index (χ1v) is 8.25. The summed E-state index contributed by atoms with van der Waals surface area (Å²) in [5.74, 6) is -1.88. The maximum atomic E-state index is 12.7. The minimum atomic E-state index is -1.25. The van der Waals surface area contributed by atoms with Gasteiger partial charge in [-0.15, -0.1) is 0 Å². The van der Waals surface area contributed by atoms with Crippen molar-refractivity contribution in [1.29, 1.82) is 0 Å². The molecule has 0 spiro atoms. The third kappa shape index (κ3) is 2.50. The Bertz CT molecular complexity index is 717. The Morgan fingerprint density at radius 2 is 1.88 bits per heavy atom. The molecule has 0 unspecified atom stereocenters. The van der Waals surface area contributed by atoms with Crippen molar-refractivity contribution >= 4 is 17.8 Å². The molecule has 0 aromatic heterocycles. The number of esters is 1. The van der Waals surface area contributed by atoms with Crippen LogP contribution in [0.5, 0.6) is 5.75 Å². The molecule has 2 aliphatic heterocycles. The number of nitrogens with zero attached hydrogens (tertiary/aromatic N) is 1. The van der Waals surface area contributed by atoms with Gasteiger partial charge >= 0.3 is 5.97 Å². The smallest absolute Gasteiger partial charge is 0.326 e. The molecule has 0 bridgehead atoms. The lowest BCUT2D eigenvalue weighted by molar-refractivity contribution is -0.155. The van der Waals surface area contributed by atoms with Crippen LogP contribution in [0.25, 0.3) is 0 Å². The van der Waals surface area contributed by atoms with Crippen LogP contribution in [0.2, 0.25) is 0 Å². The van der Waals surface area contributed by atoms with E-state index in [2.05, 4.69) is 5.32 Å². The van der Waals surface area contributed by atoms with Gasteiger partial charge in [-0.25, -0.2) is 0 Å². The van der Waals surface area contributed by atoms with E-state index >= 15 is 0 Å². The molecule has 7 heteroatoms. The van der Waals surface area contributed by atoms with Crippen LogP contribution in [0.4, 0.5) is 0 Å². The van der Waals surface area contributed by atoms with Gasteiger partial charge in [-0.05, 0) is 31.5 Å². The monoisotopic (exact) mass is 346 g/mol. The second-order valence-corrected chi connectivity index (χ2v) is 6.56. The minimum Gasteiger partial charge on any atom is -0.497 e. The molecule has 1 aromatic carbocycles. The Labute approximate surface area is 146 Å². The second kappa shape index (κ2) is 6.15. The van der Waals surface area contributed by atoms with E-state index in [9.17, 15) is 14.4 Å². The summed E-state index contributed by atoms with van der Waals surface area (Å²) in [7, 11) is 3.03. The molecule has 0 radical (unpaired) electrons. The van der Waals surface area contributed by atoms with Gasteiger partial charge in [0.2, 0.25) is 11.8 Å². The van der Waals surface area contributed by atoms with E-state index in [0.717, 1.165) is 10.5 Å². The molecule has 2 saturated heterocycles. The third-order valence-corrected chi connectivity index (χ3v) is 5.18. The average Bonchev–Trinajstić information content (AvgIpc) is 3.05. The third-order valence-electron chi connectivity index (χ3n) is 5.18. The Morgan fingerprint density at radius 3 is 2.44 bits per heavy atom. The van der Waals surface area contributed by atoms with Crippen LogP contribution in [-0.2, 0) is 19.1 Å². The topological polar surface area (TPSA) is 84.9 Å². The standard InChI is InChI=1S/C18H22N2O5/c1-5-25-17(23)18(2)13-12(15(21)20(3)16(13)22)14(19-18)10-6-8-11(24-4)9-7-10/h6-9,12-14,19H,5H2,1-4H3/t12-,13+,14+,18+/m0/s1. The Morgan fingerprint density at radius 1 is 1.24 bits per heavy atom. The lowest BCUT2D eigenvalue weighted by atomic mass is 9.80. The van der Waals surface area contributed by atoms with Gasteiger partial charge in [-0.3, -0.25) is 24.6 Å². The normalized spacial score (nSPS) is 31.2. The van der Waals surface area contributed by atoms with Gasteiger partial charge in [0.15, 0.2) is 0 Å². The predicted octanol–water partition coefficient (Wildman–Crippen LogP) is 0.892. The summed E-state index contributed by atoms with van der Waals surface area (Å²) in [4.78, 5) is 39.0. The van der Waals surface area contributed by atoms with Gasteiger partial charge in [0.25, 0.3) is 0 Å². The summed E-state index contributed by atoms with van der Waals surface area (Å²) in [6.07, 6.45) is 0. The fourth-order valence-corrected chi connectivity index (χ4v) is 3.85. The summed E-state index contributed by atoms with van der Waals surface area (Å²) in [6, 6.07) is 6.79. The van der Waals surface area contributed by atoms with Gasteiger partial charge in [-0.2, -0.15) is 0 Å². The molecular weight excluding hydrogens is 324 g/mol. The quantitative estimate of drug-likeness (QED) is 0.644. The lowest BCUT2D eigenvalue weighted by Crippen LogP contribution is -2.53. The van der Waals surface area contributed by atoms with Gasteiger partial charge in [0.05, 0.1) is 25.6 Å². The first kappa shape index (κ1) is 17.4. The van der Waals surface area contributed by atoms with Crippen molar-refractivity contribution < 1.29 is 23.9 Å². The van der Waals surface area contributed by atoms with Gasteiger partial charge in [0.1, 0.15) is 11.3 Å². The average molecular weight is 346 g/mol. The summed E-state index contributed by atoms with van der Waals surface area (Å²) in [5, 5.41) is 3.21. The van der Waals surface area contributed by atoms with Crippen molar-refractivity contribution in [3.63, 3.8) is 0 Å². The Balaban J connectivity index is 2.03. The van der Waals surface area contributed by atoms with Crippen LogP contribution in [0.1, 0.15) is 25.5 Å². The van der Waals surface area contributed by atoms with E-state index in [1.54, 1.807) is 33.1 Å². The maximum absolute atomic E-state index is 12.7. The molecule has 3 rings (SSSR count). The van der Waals surface area contributed by atoms with E-state index in [0.29, 0.717) is 5.75 Å². The van der Waals surface area contributed by atoms with E-state index in [4.69, 9.17) is 9.47 Å². The summed E-state index contributed by atoms with van der Waals surface area (Å²) < 4.78 is 10.3. The van der Waals surface area contributed by atoms with Crippen molar-refractivity contribution in [1.82, 2.24) is 10.2 Å². The number of carbonyl (C=O) groups is 3. The number of likely N-dealkylation sites (tertiary alicyclic amines) is 1. The largest absolute Gasteiger partial charge is 0.497 e. The van der Waals surface area contributed by atoms with E-state index in [1.807, 2.05) is 12.1 Å². The highest BCUT2D eigenvalue weighted by Crippen LogP contribution is 2.48. The van der Waals surface area contributed by atoms with Crippen LogP contribution in [0.15, 0.2) is 24.3 Å². The molecule has 134 valence electrons. The number of hydrogen-bond donors (Lipinski definition) is 1. The molecule has 25 heavy (non-hydrogen) atoms. The van der Waals surface area contributed by atoms with E-state index < -0.39 is 29.4 Å². The first-order valence-electron chi connectivity index (χ1n) is 8.25. The molecule has 1 N–H and O–H groups in total. The zero-order chi connectivity index (χ0) is 18.4. The second-order valence-electron chi connectivity index (χ2n) is 6.56. The molecule has 2 aliphatic rings. The van der Waals surface area contributed by atoms with E-state index in [-0.39, 0.29) is 18.4 Å². The number of methoxy groups -OCH3 is 1. The molecule has 0 aliphatic carbocycles. The van der Waals surface area contributed by atoms with Crippen LogP contribution in [0, 0.1) is 11.8 Å². The molecule has 2 heterocycles. The van der Waals surface area contributed by atoms with Crippen LogP contribution >= 0.6 is 0 Å². The highest BCUT2D eigenvalue weighted by molar-refractivity contribution is 6.09. The highest BCUT2D eigenvalue weighted by Gasteiger charge is 2.66. The van der Waals surface area contributed by atoms with Crippen LogP contribution in [-0.4, -0.2) is 49.0 Å². The SMILES string of the molecule is CCOC(=O)[C@]1(C)N[C@H](c2ccc(OC)cc2)[C@H]2C(=O)N(C)C(=O)[C@@H]21.